The summed E-state index contributed by atoms with van der Waals surface area (Å²) in [6.07, 6.45) is 3.55. The highest BCUT2D eigenvalue weighted by Crippen LogP contribution is 1.82. The van der Waals surface area contributed by atoms with Crippen molar-refractivity contribution >= 4 is 37.2 Å². The fraction of sp³-hybridized carbons (Fsp3) is 1.00. The van der Waals surface area contributed by atoms with E-state index in [1.807, 2.05) is 7.05 Å². The Hall–Kier alpha value is 0.750. The van der Waals surface area contributed by atoms with Gasteiger partial charge in [0.15, 0.2) is 0 Å². The Morgan fingerprint density at radius 3 is 1.93 bits per heavy atom. The maximum atomic E-state index is 5.35. The van der Waals surface area contributed by atoms with Crippen LogP contribution in [0.2, 0.25) is 0 Å². The number of nitrogens with two attached hydrogens (primary N) is 1. The van der Waals surface area contributed by atoms with Gasteiger partial charge in [-0.15, -0.1) is 37.2 Å². The first-order valence-corrected chi connectivity index (χ1v) is 4.47. The molecule has 14 heavy (non-hydrogen) atoms. The van der Waals surface area contributed by atoms with Crippen molar-refractivity contribution in [1.29, 1.82) is 0 Å². The lowest BCUT2D eigenvalue weighted by atomic mass is 10.3. The second-order valence-electron chi connectivity index (χ2n) is 2.70. The van der Waals surface area contributed by atoms with E-state index in [9.17, 15) is 0 Å². The Morgan fingerprint density at radius 2 is 1.43 bits per heavy atom. The number of rotatable bonds is 8. The lowest BCUT2D eigenvalue weighted by Crippen LogP contribution is -2.21. The van der Waals surface area contributed by atoms with Crippen molar-refractivity contribution in [3.63, 3.8) is 0 Å². The van der Waals surface area contributed by atoms with Gasteiger partial charge in [-0.2, -0.15) is 0 Å². The second-order valence-corrected chi connectivity index (χ2v) is 2.70. The first kappa shape index (κ1) is 24.1. The smallest absolute Gasteiger partial charge is 0.00368 e. The van der Waals surface area contributed by atoms with Crippen LogP contribution >= 0.6 is 37.2 Å². The third-order valence-electron chi connectivity index (χ3n) is 1.59. The predicted molar refractivity (Wildman–Crippen MR) is 71.4 cm³/mol. The van der Waals surface area contributed by atoms with Gasteiger partial charge in [0.2, 0.25) is 0 Å². The van der Waals surface area contributed by atoms with Crippen molar-refractivity contribution in [1.82, 2.24) is 10.6 Å². The Bertz CT molecular complexity index is 68.9. The predicted octanol–water partition coefficient (Wildman–Crippen LogP) is 1.19. The zero-order valence-corrected chi connectivity index (χ0v) is 11.2. The topological polar surface area (TPSA) is 50.1 Å². The van der Waals surface area contributed by atoms with Crippen LogP contribution in [0.1, 0.15) is 19.3 Å². The minimum absolute atomic E-state index is 0. The van der Waals surface area contributed by atoms with Gasteiger partial charge >= 0.3 is 0 Å². The van der Waals surface area contributed by atoms with Crippen molar-refractivity contribution in [2.45, 2.75) is 19.3 Å². The van der Waals surface area contributed by atoms with Crippen LogP contribution in [0.15, 0.2) is 0 Å². The first-order chi connectivity index (χ1) is 5.41. The fourth-order valence-electron chi connectivity index (χ4n) is 0.910. The maximum Gasteiger partial charge on any atom is -0.00368 e. The van der Waals surface area contributed by atoms with Gasteiger partial charge in [0.25, 0.3) is 0 Å². The average molecular weight is 269 g/mol. The Kier molecular flexibility index (Phi) is 40.5. The summed E-state index contributed by atoms with van der Waals surface area (Å²) in [4.78, 5) is 0. The zero-order chi connectivity index (χ0) is 8.36. The molecule has 0 fully saturated rings. The minimum atomic E-state index is 0. The van der Waals surface area contributed by atoms with Gasteiger partial charge in [0.05, 0.1) is 0 Å². The average Bonchev–Trinajstić information content (AvgIpc) is 2.03. The number of hydrogen-bond donors (Lipinski definition) is 3. The molecule has 0 aliphatic carbocycles. The Morgan fingerprint density at radius 1 is 0.857 bits per heavy atom. The van der Waals surface area contributed by atoms with E-state index in [0.29, 0.717) is 0 Å². The monoisotopic (exact) mass is 267 g/mol. The highest BCUT2D eigenvalue weighted by atomic mass is 35.5. The standard InChI is InChI=1S/C8H21N3.3ClH/c1-10-6-4-8-11-7-3-2-5-9;;;/h10-11H,2-9H2,1H3;3*1H. The van der Waals surface area contributed by atoms with Crippen molar-refractivity contribution < 1.29 is 0 Å². The molecule has 0 unspecified atom stereocenters. The molecular weight excluding hydrogens is 244 g/mol. The third kappa shape index (κ3) is 23.0. The normalized spacial score (nSPS) is 8.14. The van der Waals surface area contributed by atoms with Crippen LogP contribution in [0.5, 0.6) is 0 Å². The van der Waals surface area contributed by atoms with E-state index in [-0.39, 0.29) is 37.2 Å². The third-order valence-corrected chi connectivity index (χ3v) is 1.59. The number of halogens is 3. The molecule has 0 saturated heterocycles. The molecule has 0 atom stereocenters. The van der Waals surface area contributed by atoms with Gasteiger partial charge < -0.3 is 16.4 Å². The molecule has 0 saturated carbocycles. The van der Waals surface area contributed by atoms with E-state index in [0.717, 1.165) is 32.6 Å². The van der Waals surface area contributed by atoms with Gasteiger partial charge in [0, 0.05) is 0 Å². The quantitative estimate of drug-likeness (QED) is 0.580. The van der Waals surface area contributed by atoms with Crippen LogP contribution in [0.4, 0.5) is 0 Å². The van der Waals surface area contributed by atoms with Gasteiger partial charge in [-0.3, -0.25) is 0 Å². The summed E-state index contributed by atoms with van der Waals surface area (Å²) in [5.41, 5.74) is 5.35. The van der Waals surface area contributed by atoms with E-state index in [1.165, 1.54) is 12.8 Å². The van der Waals surface area contributed by atoms with Gasteiger partial charge in [-0.1, -0.05) is 0 Å². The molecular formula is C8H24Cl3N3. The zero-order valence-electron chi connectivity index (χ0n) is 8.75. The summed E-state index contributed by atoms with van der Waals surface area (Å²) < 4.78 is 0. The number of unbranched alkanes of at least 4 members (excludes halogenated alkanes) is 1. The summed E-state index contributed by atoms with van der Waals surface area (Å²) in [5, 5.41) is 6.47. The molecule has 6 heteroatoms. The summed E-state index contributed by atoms with van der Waals surface area (Å²) in [6.45, 7) is 4.15. The van der Waals surface area contributed by atoms with Crippen LogP contribution in [-0.4, -0.2) is 33.2 Å². The summed E-state index contributed by atoms with van der Waals surface area (Å²) in [7, 11) is 1.98. The summed E-state index contributed by atoms with van der Waals surface area (Å²) in [5.74, 6) is 0. The minimum Gasteiger partial charge on any atom is -0.330 e. The highest BCUT2D eigenvalue weighted by Gasteiger charge is 1.86. The Balaban J connectivity index is -0.000000167. The highest BCUT2D eigenvalue weighted by molar-refractivity contribution is 5.86. The van der Waals surface area contributed by atoms with Crippen LogP contribution in [0.25, 0.3) is 0 Å². The molecule has 0 amide bonds. The van der Waals surface area contributed by atoms with E-state index < -0.39 is 0 Å². The molecule has 0 bridgehead atoms. The van der Waals surface area contributed by atoms with Crippen molar-refractivity contribution in [3.8, 4) is 0 Å². The van der Waals surface area contributed by atoms with Gasteiger partial charge in [-0.25, -0.2) is 0 Å². The molecule has 4 N–H and O–H groups in total. The largest absolute Gasteiger partial charge is 0.330 e. The van der Waals surface area contributed by atoms with Crippen molar-refractivity contribution in [3.05, 3.63) is 0 Å². The molecule has 0 aliphatic heterocycles. The molecule has 92 valence electrons. The second kappa shape index (κ2) is 23.5. The molecule has 3 nitrogen and oxygen atoms in total. The van der Waals surface area contributed by atoms with Crippen LogP contribution in [0, 0.1) is 0 Å². The number of nitrogens with one attached hydrogen (secondary N) is 2. The van der Waals surface area contributed by atoms with E-state index in [2.05, 4.69) is 10.6 Å². The Labute approximate surface area is 106 Å². The molecule has 0 aromatic carbocycles. The lowest BCUT2D eigenvalue weighted by molar-refractivity contribution is 0.594. The summed E-state index contributed by atoms with van der Waals surface area (Å²) >= 11 is 0. The molecule has 0 aliphatic rings. The lowest BCUT2D eigenvalue weighted by Gasteiger charge is -2.02. The van der Waals surface area contributed by atoms with Crippen molar-refractivity contribution in [2.24, 2.45) is 5.73 Å². The van der Waals surface area contributed by atoms with Crippen LogP contribution in [-0.2, 0) is 0 Å². The van der Waals surface area contributed by atoms with Crippen molar-refractivity contribution in [2.75, 3.05) is 33.2 Å². The SMILES string of the molecule is CNCCCNCCCCN.Cl.Cl.Cl. The fourth-order valence-corrected chi connectivity index (χ4v) is 0.910. The van der Waals surface area contributed by atoms with Gasteiger partial charge in [-0.05, 0) is 52.5 Å². The molecule has 0 spiro atoms. The molecule has 0 radical (unpaired) electrons. The molecule has 0 aromatic rings. The van der Waals surface area contributed by atoms with E-state index in [4.69, 9.17) is 5.73 Å². The summed E-state index contributed by atoms with van der Waals surface area (Å²) in [6, 6.07) is 0. The van der Waals surface area contributed by atoms with E-state index in [1.54, 1.807) is 0 Å². The molecule has 0 heterocycles. The van der Waals surface area contributed by atoms with Crippen LogP contribution in [0.3, 0.4) is 0 Å². The maximum absolute atomic E-state index is 5.35. The molecule has 0 rings (SSSR count). The first-order valence-electron chi connectivity index (χ1n) is 4.47. The van der Waals surface area contributed by atoms with Gasteiger partial charge in [0.1, 0.15) is 0 Å². The van der Waals surface area contributed by atoms with Crippen LogP contribution < -0.4 is 16.4 Å². The van der Waals surface area contributed by atoms with E-state index >= 15 is 0 Å². The number of hydrogen-bond acceptors (Lipinski definition) is 3. The molecule has 0 aromatic heterocycles.